The largest absolute Gasteiger partial charge is 0.497 e. The molecule has 1 amide bonds. The highest BCUT2D eigenvalue weighted by molar-refractivity contribution is 9.10. The van der Waals surface area contributed by atoms with Crippen LogP contribution >= 0.6 is 15.9 Å². The third-order valence-electron chi connectivity index (χ3n) is 5.74. The minimum Gasteiger partial charge on any atom is -0.497 e. The predicted octanol–water partition coefficient (Wildman–Crippen LogP) is 5.07. The van der Waals surface area contributed by atoms with Crippen LogP contribution in [0.5, 0.6) is 11.5 Å². The van der Waals surface area contributed by atoms with Crippen LogP contribution < -0.4 is 19.1 Å². The monoisotopic (exact) mass is 558 g/mol. The highest BCUT2D eigenvalue weighted by Crippen LogP contribution is 2.41. The van der Waals surface area contributed by atoms with Gasteiger partial charge in [0.15, 0.2) is 0 Å². The molecule has 3 aromatic carbocycles. The molecule has 0 aromatic heterocycles. The van der Waals surface area contributed by atoms with Crippen molar-refractivity contribution in [1.29, 1.82) is 0 Å². The van der Waals surface area contributed by atoms with E-state index in [2.05, 4.69) is 21.2 Å². The van der Waals surface area contributed by atoms with Crippen LogP contribution in [0.4, 0.5) is 5.69 Å². The molecule has 0 bridgehead atoms. The van der Waals surface area contributed by atoms with Crippen molar-refractivity contribution in [2.45, 2.75) is 36.8 Å². The van der Waals surface area contributed by atoms with Crippen LogP contribution in [0, 0.1) is 0 Å². The second kappa shape index (κ2) is 9.91. The lowest BCUT2D eigenvalue weighted by molar-refractivity contribution is -0.120. The Kier molecular flexibility index (Phi) is 7.10. The van der Waals surface area contributed by atoms with Gasteiger partial charge in [-0.1, -0.05) is 34.1 Å². The number of anilines is 1. The van der Waals surface area contributed by atoms with Crippen molar-refractivity contribution in [3.05, 3.63) is 82.8 Å². The molecule has 35 heavy (non-hydrogen) atoms. The molecule has 0 radical (unpaired) electrons. The van der Waals surface area contributed by atoms with Crippen LogP contribution in [0.2, 0.25) is 0 Å². The summed E-state index contributed by atoms with van der Waals surface area (Å²) in [6.45, 7) is 3.52. The maximum absolute atomic E-state index is 13.5. The third kappa shape index (κ3) is 5.62. The van der Waals surface area contributed by atoms with Gasteiger partial charge in [0.2, 0.25) is 5.91 Å². The Hall–Kier alpha value is -3.04. The Morgan fingerprint density at radius 1 is 1.11 bits per heavy atom. The van der Waals surface area contributed by atoms with Gasteiger partial charge < -0.3 is 14.8 Å². The summed E-state index contributed by atoms with van der Waals surface area (Å²) in [5, 5.41) is 3.03. The predicted molar refractivity (Wildman–Crippen MR) is 138 cm³/mol. The van der Waals surface area contributed by atoms with Crippen molar-refractivity contribution in [3.63, 3.8) is 0 Å². The van der Waals surface area contributed by atoms with Crippen molar-refractivity contribution in [2.24, 2.45) is 0 Å². The Morgan fingerprint density at radius 3 is 2.46 bits per heavy atom. The number of hydrogen-bond donors (Lipinski definition) is 1. The van der Waals surface area contributed by atoms with E-state index in [-0.39, 0.29) is 17.5 Å². The van der Waals surface area contributed by atoms with E-state index in [4.69, 9.17) is 9.47 Å². The molecule has 1 N–H and O–H groups in total. The number of nitrogens with zero attached hydrogens (tertiary/aromatic N) is 1. The number of hydrogen-bond acceptors (Lipinski definition) is 5. The number of nitrogens with one attached hydrogen (secondary N) is 1. The van der Waals surface area contributed by atoms with E-state index in [1.165, 1.54) is 12.1 Å². The van der Waals surface area contributed by atoms with Gasteiger partial charge in [0.05, 0.1) is 23.7 Å². The Balaban J connectivity index is 1.65. The van der Waals surface area contributed by atoms with Gasteiger partial charge in [0.25, 0.3) is 10.0 Å². The van der Waals surface area contributed by atoms with E-state index in [9.17, 15) is 13.2 Å². The van der Waals surface area contributed by atoms with Gasteiger partial charge in [-0.2, -0.15) is 0 Å². The summed E-state index contributed by atoms with van der Waals surface area (Å²) in [4.78, 5) is 13.4. The average Bonchev–Trinajstić information content (AvgIpc) is 2.83. The summed E-state index contributed by atoms with van der Waals surface area (Å²) < 4.78 is 40.4. The van der Waals surface area contributed by atoms with Crippen LogP contribution in [0.1, 0.15) is 31.9 Å². The molecule has 0 aliphatic carbocycles. The quantitative estimate of drug-likeness (QED) is 0.437. The molecule has 1 atom stereocenters. The van der Waals surface area contributed by atoms with E-state index in [0.29, 0.717) is 23.6 Å². The molecule has 1 aliphatic rings. The number of fused-ring (bicyclic) bond motifs is 1. The number of carbonyl (C=O) groups excluding carboxylic acids is 1. The molecule has 4 rings (SSSR count). The second-order valence-corrected chi connectivity index (χ2v) is 11.7. The first-order valence-electron chi connectivity index (χ1n) is 11.1. The van der Waals surface area contributed by atoms with Gasteiger partial charge >= 0.3 is 0 Å². The van der Waals surface area contributed by atoms with Crippen molar-refractivity contribution >= 4 is 37.5 Å². The molecule has 7 nitrogen and oxygen atoms in total. The van der Waals surface area contributed by atoms with Gasteiger partial charge in [-0.25, -0.2) is 8.42 Å². The molecular formula is C26H27BrN2O5S. The van der Waals surface area contributed by atoms with Crippen LogP contribution in [0.3, 0.4) is 0 Å². The highest BCUT2D eigenvalue weighted by atomic mass is 79.9. The first-order chi connectivity index (χ1) is 16.6. The molecule has 0 saturated carbocycles. The summed E-state index contributed by atoms with van der Waals surface area (Å²) in [5.74, 6) is 0.882. The SMILES string of the molecule is COc1ccc2c(c1)C(NC(=O)CN(c1ccc(Br)cc1)S(=O)(=O)c1ccccc1)CC(C)(C)O2. The minimum absolute atomic E-state index is 0.109. The van der Waals surface area contributed by atoms with Gasteiger partial charge in [-0.3, -0.25) is 9.10 Å². The summed E-state index contributed by atoms with van der Waals surface area (Å²) in [6.07, 6.45) is 0.516. The first kappa shape index (κ1) is 25.1. The lowest BCUT2D eigenvalue weighted by atomic mass is 9.89. The fraction of sp³-hybridized carbons (Fsp3) is 0.269. The smallest absolute Gasteiger partial charge is 0.264 e. The van der Waals surface area contributed by atoms with E-state index >= 15 is 0 Å². The third-order valence-corrected chi connectivity index (χ3v) is 8.06. The maximum Gasteiger partial charge on any atom is 0.264 e. The van der Waals surface area contributed by atoms with Crippen LogP contribution in [0.15, 0.2) is 82.2 Å². The Labute approximate surface area is 214 Å². The Bertz CT molecular complexity index is 1310. The van der Waals surface area contributed by atoms with E-state index in [1.54, 1.807) is 55.6 Å². The lowest BCUT2D eigenvalue weighted by Gasteiger charge is -2.38. The second-order valence-electron chi connectivity index (χ2n) is 8.89. The maximum atomic E-state index is 13.5. The minimum atomic E-state index is -3.98. The molecule has 0 fully saturated rings. The number of amides is 1. The molecule has 9 heteroatoms. The molecule has 1 heterocycles. The van der Waals surface area contributed by atoms with Gasteiger partial charge in [0.1, 0.15) is 23.6 Å². The number of carbonyl (C=O) groups is 1. The lowest BCUT2D eigenvalue weighted by Crippen LogP contribution is -2.45. The zero-order valence-corrected chi connectivity index (χ0v) is 22.1. The molecular weight excluding hydrogens is 532 g/mol. The number of sulfonamides is 1. The van der Waals surface area contributed by atoms with E-state index in [0.717, 1.165) is 14.3 Å². The summed E-state index contributed by atoms with van der Waals surface area (Å²) >= 11 is 3.37. The van der Waals surface area contributed by atoms with Crippen LogP contribution in [-0.4, -0.2) is 33.6 Å². The number of rotatable bonds is 7. The molecule has 3 aromatic rings. The molecule has 1 unspecified atom stereocenters. The fourth-order valence-electron chi connectivity index (χ4n) is 4.10. The van der Waals surface area contributed by atoms with E-state index < -0.39 is 21.5 Å². The normalized spacial score (nSPS) is 16.5. The van der Waals surface area contributed by atoms with Crippen molar-refractivity contribution < 1.29 is 22.7 Å². The summed E-state index contributed by atoms with van der Waals surface area (Å²) in [5.41, 5.74) is 0.667. The van der Waals surface area contributed by atoms with Gasteiger partial charge in [-0.15, -0.1) is 0 Å². The van der Waals surface area contributed by atoms with Gasteiger partial charge in [0, 0.05) is 16.5 Å². The topological polar surface area (TPSA) is 84.9 Å². The van der Waals surface area contributed by atoms with Crippen LogP contribution in [0.25, 0.3) is 0 Å². The van der Waals surface area contributed by atoms with Crippen molar-refractivity contribution in [3.8, 4) is 11.5 Å². The highest BCUT2D eigenvalue weighted by Gasteiger charge is 2.36. The summed E-state index contributed by atoms with van der Waals surface area (Å²) in [6, 6.07) is 20.0. The zero-order chi connectivity index (χ0) is 25.2. The Morgan fingerprint density at radius 2 is 1.80 bits per heavy atom. The number of halogens is 1. The molecule has 0 saturated heterocycles. The zero-order valence-electron chi connectivity index (χ0n) is 19.7. The van der Waals surface area contributed by atoms with Crippen LogP contribution in [-0.2, 0) is 14.8 Å². The van der Waals surface area contributed by atoms with E-state index in [1.807, 2.05) is 26.0 Å². The first-order valence-corrected chi connectivity index (χ1v) is 13.3. The van der Waals surface area contributed by atoms with Crippen molar-refractivity contribution in [2.75, 3.05) is 18.0 Å². The number of ether oxygens (including phenoxy) is 2. The number of methoxy groups -OCH3 is 1. The standard InChI is InChI=1S/C26H27BrN2O5S/c1-26(2)16-23(22-15-20(33-3)13-14-24(22)34-26)28-25(30)17-29(19-11-9-18(27)10-12-19)35(31,32)21-7-5-4-6-8-21/h4-15,23H,16-17H2,1-3H3,(H,28,30). The molecule has 184 valence electrons. The number of benzene rings is 3. The molecule has 1 aliphatic heterocycles. The average molecular weight is 559 g/mol. The van der Waals surface area contributed by atoms with Gasteiger partial charge in [-0.05, 0) is 68.4 Å². The molecule has 0 spiro atoms. The van der Waals surface area contributed by atoms with Crippen molar-refractivity contribution in [1.82, 2.24) is 5.32 Å². The summed E-state index contributed by atoms with van der Waals surface area (Å²) in [7, 11) is -2.41. The fourth-order valence-corrected chi connectivity index (χ4v) is 5.81.